The number of carbonyl (C=O) groups excluding carboxylic acids is 2. The molecule has 1 aliphatic carbocycles. The largest absolute Gasteiger partial charge is 0.352 e. The Hall–Kier alpha value is -3.14. The quantitative estimate of drug-likeness (QED) is 0.245. The number of hydrogen-bond acceptors (Lipinski definition) is 4. The molecule has 4 rings (SSSR count). The van der Waals surface area contributed by atoms with E-state index in [4.69, 9.17) is 23.2 Å². The molecule has 1 atom stereocenters. The summed E-state index contributed by atoms with van der Waals surface area (Å²) in [5.41, 5.74) is 1.80. The lowest BCUT2D eigenvalue weighted by Gasteiger charge is -2.34. The fourth-order valence-electron chi connectivity index (χ4n) is 5.27. The summed E-state index contributed by atoms with van der Waals surface area (Å²) in [7, 11) is -4.29. The van der Waals surface area contributed by atoms with Crippen LogP contribution in [0.5, 0.6) is 0 Å². The molecule has 43 heavy (non-hydrogen) atoms. The summed E-state index contributed by atoms with van der Waals surface area (Å²) in [6.45, 7) is 3.10. The first-order valence-corrected chi connectivity index (χ1v) is 16.6. The van der Waals surface area contributed by atoms with Gasteiger partial charge in [0.2, 0.25) is 11.8 Å². The number of anilines is 1. The van der Waals surface area contributed by atoms with Gasteiger partial charge in [0.1, 0.15) is 18.4 Å². The molecule has 0 saturated heterocycles. The van der Waals surface area contributed by atoms with E-state index in [9.17, 15) is 22.4 Å². The summed E-state index contributed by atoms with van der Waals surface area (Å²) in [5.74, 6) is -1.45. The molecule has 3 aromatic carbocycles. The maximum absolute atomic E-state index is 14.2. The fraction of sp³-hybridized carbons (Fsp3) is 0.375. The Morgan fingerprint density at radius 2 is 1.60 bits per heavy atom. The smallest absolute Gasteiger partial charge is 0.264 e. The van der Waals surface area contributed by atoms with Crippen LogP contribution in [0.15, 0.2) is 71.6 Å². The Balaban J connectivity index is 1.71. The van der Waals surface area contributed by atoms with Crippen molar-refractivity contribution in [1.29, 1.82) is 0 Å². The van der Waals surface area contributed by atoms with Gasteiger partial charge in [-0.05, 0) is 80.3 Å². The summed E-state index contributed by atoms with van der Waals surface area (Å²) in [5, 5.41) is 3.76. The number of amides is 2. The lowest BCUT2D eigenvalue weighted by molar-refractivity contribution is -0.140. The first-order chi connectivity index (χ1) is 20.5. The van der Waals surface area contributed by atoms with Gasteiger partial charge in [-0.15, -0.1) is 0 Å². The monoisotopic (exact) mass is 647 g/mol. The van der Waals surface area contributed by atoms with Crippen LogP contribution >= 0.6 is 23.2 Å². The summed E-state index contributed by atoms with van der Waals surface area (Å²) in [4.78, 5) is 29.1. The maximum atomic E-state index is 14.2. The van der Waals surface area contributed by atoms with E-state index < -0.39 is 34.3 Å². The second kappa shape index (κ2) is 14.6. The molecule has 2 amide bonds. The third-order valence-corrected chi connectivity index (χ3v) is 10.2. The van der Waals surface area contributed by atoms with E-state index in [-0.39, 0.29) is 29.1 Å². The van der Waals surface area contributed by atoms with Crippen LogP contribution in [0, 0.1) is 12.7 Å². The Labute approximate surface area is 263 Å². The Morgan fingerprint density at radius 1 is 0.953 bits per heavy atom. The van der Waals surface area contributed by atoms with Crippen LogP contribution in [0.2, 0.25) is 10.0 Å². The maximum Gasteiger partial charge on any atom is 0.264 e. The SMILES string of the molecule is CC[C@H](C(=O)NC1CCCCC1)N(Cc1ccc(Cl)c(Cl)c1)C(=O)CN(c1ccc(C)cc1)S(=O)(=O)c1ccc(F)cc1. The average molecular weight is 649 g/mol. The molecule has 0 heterocycles. The zero-order valence-electron chi connectivity index (χ0n) is 24.2. The lowest BCUT2D eigenvalue weighted by Crippen LogP contribution is -2.54. The highest BCUT2D eigenvalue weighted by Gasteiger charge is 2.34. The minimum absolute atomic E-state index is 0.00461. The van der Waals surface area contributed by atoms with E-state index >= 15 is 0 Å². The average Bonchev–Trinajstić information content (AvgIpc) is 2.98. The van der Waals surface area contributed by atoms with Crippen molar-refractivity contribution >= 4 is 50.7 Å². The third-order valence-electron chi connectivity index (χ3n) is 7.68. The van der Waals surface area contributed by atoms with Crippen molar-refractivity contribution < 1.29 is 22.4 Å². The van der Waals surface area contributed by atoms with Crippen molar-refractivity contribution in [1.82, 2.24) is 10.2 Å². The van der Waals surface area contributed by atoms with Gasteiger partial charge in [-0.25, -0.2) is 12.8 Å². The molecule has 1 aliphatic rings. The number of benzene rings is 3. The van der Waals surface area contributed by atoms with Crippen LogP contribution in [-0.4, -0.2) is 43.8 Å². The number of aryl methyl sites for hydroxylation is 1. The van der Waals surface area contributed by atoms with Crippen LogP contribution in [0.3, 0.4) is 0 Å². The fourth-order valence-corrected chi connectivity index (χ4v) is 7.01. The summed E-state index contributed by atoms with van der Waals surface area (Å²) in [6.07, 6.45) is 5.24. The van der Waals surface area contributed by atoms with E-state index in [2.05, 4.69) is 5.32 Å². The number of rotatable bonds is 11. The van der Waals surface area contributed by atoms with E-state index in [1.54, 1.807) is 42.5 Å². The number of nitrogens with one attached hydrogen (secondary N) is 1. The van der Waals surface area contributed by atoms with Crippen molar-refractivity contribution in [3.05, 3.63) is 93.7 Å². The van der Waals surface area contributed by atoms with Crippen LogP contribution in [0.25, 0.3) is 0 Å². The van der Waals surface area contributed by atoms with Crippen LogP contribution in [0.1, 0.15) is 56.6 Å². The number of hydrogen-bond donors (Lipinski definition) is 1. The second-order valence-corrected chi connectivity index (χ2v) is 13.5. The van der Waals surface area contributed by atoms with E-state index in [1.165, 1.54) is 4.90 Å². The molecule has 3 aromatic rings. The molecule has 1 N–H and O–H groups in total. The van der Waals surface area contributed by atoms with Gasteiger partial charge in [-0.2, -0.15) is 0 Å². The van der Waals surface area contributed by atoms with Crippen molar-refractivity contribution in [3.8, 4) is 0 Å². The second-order valence-electron chi connectivity index (χ2n) is 10.8. The molecule has 1 saturated carbocycles. The van der Waals surface area contributed by atoms with Crippen molar-refractivity contribution in [2.45, 2.75) is 75.9 Å². The summed E-state index contributed by atoms with van der Waals surface area (Å²) >= 11 is 12.4. The molecular weight excluding hydrogens is 612 g/mol. The molecule has 11 heteroatoms. The zero-order chi connectivity index (χ0) is 31.1. The van der Waals surface area contributed by atoms with Crippen LogP contribution < -0.4 is 9.62 Å². The Bertz CT molecular complexity index is 1530. The minimum atomic E-state index is -4.29. The standard InChI is InChI=1S/C32H36Cl2FN3O4S/c1-3-30(32(40)36-25-7-5-4-6-8-25)37(20-23-11-18-28(33)29(34)19-23)31(39)21-38(26-14-9-22(2)10-15-26)43(41,42)27-16-12-24(35)13-17-27/h9-19,25,30H,3-8,20-21H2,1-2H3,(H,36,40)/t30-/m1/s1. The topological polar surface area (TPSA) is 86.8 Å². The molecule has 0 bridgehead atoms. The zero-order valence-corrected chi connectivity index (χ0v) is 26.6. The highest BCUT2D eigenvalue weighted by atomic mass is 35.5. The van der Waals surface area contributed by atoms with E-state index in [0.29, 0.717) is 22.0 Å². The predicted molar refractivity (Wildman–Crippen MR) is 168 cm³/mol. The molecule has 1 fully saturated rings. The molecule has 0 aromatic heterocycles. The highest BCUT2D eigenvalue weighted by Crippen LogP contribution is 2.27. The molecule has 0 radical (unpaired) electrons. The third kappa shape index (κ3) is 8.28. The van der Waals surface area contributed by atoms with E-state index in [0.717, 1.165) is 66.2 Å². The first-order valence-electron chi connectivity index (χ1n) is 14.4. The van der Waals surface area contributed by atoms with Crippen LogP contribution in [-0.2, 0) is 26.2 Å². The molecule has 0 spiro atoms. The van der Waals surface area contributed by atoms with Crippen LogP contribution in [0.4, 0.5) is 10.1 Å². The Morgan fingerprint density at radius 3 is 2.21 bits per heavy atom. The number of sulfonamides is 1. The van der Waals surface area contributed by atoms with Gasteiger partial charge in [0, 0.05) is 12.6 Å². The molecule has 7 nitrogen and oxygen atoms in total. The number of carbonyl (C=O) groups is 2. The van der Waals surface area contributed by atoms with Gasteiger partial charge in [0.15, 0.2) is 0 Å². The predicted octanol–water partition coefficient (Wildman–Crippen LogP) is 6.89. The summed E-state index contributed by atoms with van der Waals surface area (Å²) in [6, 6.07) is 15.3. The molecular formula is C32H36Cl2FN3O4S. The highest BCUT2D eigenvalue weighted by molar-refractivity contribution is 7.92. The molecule has 230 valence electrons. The number of halogens is 3. The van der Waals surface area contributed by atoms with Crippen molar-refractivity contribution in [2.24, 2.45) is 0 Å². The number of nitrogens with zero attached hydrogens (tertiary/aromatic N) is 2. The Kier molecular flexibility index (Phi) is 11.1. The van der Waals surface area contributed by atoms with Gasteiger partial charge < -0.3 is 10.2 Å². The molecule has 0 unspecified atom stereocenters. The van der Waals surface area contributed by atoms with Gasteiger partial charge >= 0.3 is 0 Å². The van der Waals surface area contributed by atoms with Crippen molar-refractivity contribution in [3.63, 3.8) is 0 Å². The summed E-state index contributed by atoms with van der Waals surface area (Å²) < 4.78 is 42.4. The van der Waals surface area contributed by atoms with Gasteiger partial charge in [0.25, 0.3) is 10.0 Å². The lowest BCUT2D eigenvalue weighted by atomic mass is 9.95. The van der Waals surface area contributed by atoms with E-state index in [1.807, 2.05) is 13.8 Å². The van der Waals surface area contributed by atoms with Gasteiger partial charge in [0.05, 0.1) is 20.6 Å². The van der Waals surface area contributed by atoms with Gasteiger partial charge in [-0.1, -0.05) is 73.2 Å². The normalized spacial score (nSPS) is 14.6. The molecule has 0 aliphatic heterocycles. The van der Waals surface area contributed by atoms with Crippen molar-refractivity contribution in [2.75, 3.05) is 10.8 Å². The first kappa shape index (κ1) is 32.8. The minimum Gasteiger partial charge on any atom is -0.352 e. The van der Waals surface area contributed by atoms with Gasteiger partial charge in [-0.3, -0.25) is 13.9 Å².